The molecule has 300 valence electrons. The van der Waals surface area contributed by atoms with Crippen LogP contribution in [0.1, 0.15) is 36.8 Å². The van der Waals surface area contributed by atoms with Gasteiger partial charge in [0.1, 0.15) is 8.95 Å². The molecule has 1 saturated heterocycles. The molecule has 58 heavy (non-hydrogen) atoms. The Morgan fingerprint density at radius 2 is 1.28 bits per heavy atom. The van der Waals surface area contributed by atoms with E-state index in [4.69, 9.17) is 9.72 Å². The number of pyridine rings is 2. The Kier molecular flexibility index (Phi) is 14.3. The molecule has 12 nitrogen and oxygen atoms in total. The zero-order valence-electron chi connectivity index (χ0n) is 32.1. The molecule has 0 aliphatic carbocycles. The molecule has 2 unspecified atom stereocenters. The van der Waals surface area contributed by atoms with Crippen molar-refractivity contribution in [2.24, 2.45) is 0 Å². The summed E-state index contributed by atoms with van der Waals surface area (Å²) in [6.07, 6.45) is 12.4. The second-order valence-electron chi connectivity index (χ2n) is 14.3. The second kappa shape index (κ2) is 20.1. The maximum atomic E-state index is 12.9. The quantitative estimate of drug-likeness (QED) is 0.136. The molecule has 7 heterocycles. The van der Waals surface area contributed by atoms with Gasteiger partial charge in [0.2, 0.25) is 11.9 Å². The average Bonchev–Trinajstić information content (AvgIpc) is 4.12. The lowest BCUT2D eigenvalue weighted by Crippen LogP contribution is -2.42. The van der Waals surface area contributed by atoms with E-state index in [2.05, 4.69) is 94.6 Å². The molecule has 1 fully saturated rings. The van der Waals surface area contributed by atoms with Crippen molar-refractivity contribution >= 4 is 43.8 Å². The van der Waals surface area contributed by atoms with Crippen molar-refractivity contribution in [2.45, 2.75) is 63.8 Å². The summed E-state index contributed by atoms with van der Waals surface area (Å²) in [7, 11) is 0. The van der Waals surface area contributed by atoms with Crippen LogP contribution in [-0.4, -0.2) is 72.6 Å². The van der Waals surface area contributed by atoms with E-state index in [0.717, 1.165) is 56.5 Å². The molecule has 0 radical (unpaired) electrons. The fraction of sp³-hybridized carbons (Fsp3) is 0.318. The van der Waals surface area contributed by atoms with Crippen molar-refractivity contribution in [3.63, 3.8) is 0 Å². The molecular formula is C44H46Br2N8O4. The lowest BCUT2D eigenvalue weighted by atomic mass is 10.1. The number of aliphatic hydroxyl groups excluding tert-OH is 1. The molecular weight excluding hydrogens is 864 g/mol. The number of hydrogen-bond donors (Lipinski definition) is 2. The highest BCUT2D eigenvalue weighted by atomic mass is 79.9. The van der Waals surface area contributed by atoms with Crippen LogP contribution in [0.15, 0.2) is 128 Å². The van der Waals surface area contributed by atoms with Crippen LogP contribution in [0.4, 0.5) is 11.9 Å². The number of aryl methyl sites for hydroxylation is 2. The van der Waals surface area contributed by atoms with Crippen LogP contribution in [0.5, 0.6) is 0 Å². The maximum Gasteiger partial charge on any atom is 0.269 e. The molecule has 3 aliphatic heterocycles. The Hall–Kier alpha value is -5.02. The largest absolute Gasteiger partial charge is 0.391 e. The lowest BCUT2D eigenvalue weighted by molar-refractivity contribution is 0.168. The van der Waals surface area contributed by atoms with E-state index >= 15 is 0 Å². The van der Waals surface area contributed by atoms with Crippen LogP contribution in [0, 0.1) is 0 Å². The number of ether oxygens (including phenoxy) is 1. The molecule has 2 aromatic carbocycles. The van der Waals surface area contributed by atoms with Crippen LogP contribution < -0.4 is 21.3 Å². The summed E-state index contributed by atoms with van der Waals surface area (Å²) < 4.78 is 9.45. The molecule has 14 heteroatoms. The number of halogens is 2. The number of anilines is 2. The van der Waals surface area contributed by atoms with Gasteiger partial charge in [-0.15, -0.1) is 0 Å². The third-order valence-electron chi connectivity index (χ3n) is 10.1. The second-order valence-corrected chi connectivity index (χ2v) is 15.9. The van der Waals surface area contributed by atoms with Gasteiger partial charge in [-0.05, 0) is 106 Å². The standard InChI is InChI=1S/C22H23BrN4O2.C12H11BrN4O.C10H12O/c23-19-20(17-9-11-24-12-10-17)25-22-26(13-4-14-27(22)21(19)29)15-18(28)8-7-16-5-2-1-3-6-16;13-9-10(8-2-5-14-6-3-8)16-12-15-4-1-7-17(12)11(9)18;1-2-4-9(5-3-1)6-7-10-8-11-10/h1-3,5-6,9-12,18,28H,4,7-8,13-15H2;2-3,5-6H,1,4,7H2,(H,15,16);1-5,10H,6-8H2. The molecule has 0 amide bonds. The number of rotatable bonds is 10. The van der Waals surface area contributed by atoms with Crippen molar-refractivity contribution in [1.82, 2.24) is 29.1 Å². The van der Waals surface area contributed by atoms with E-state index in [0.29, 0.717) is 64.4 Å². The van der Waals surface area contributed by atoms with Gasteiger partial charge >= 0.3 is 0 Å². The highest BCUT2D eigenvalue weighted by Gasteiger charge is 2.25. The maximum absolute atomic E-state index is 12.9. The Morgan fingerprint density at radius 1 is 0.724 bits per heavy atom. The Labute approximate surface area is 354 Å². The molecule has 2 N–H and O–H groups in total. The zero-order chi connectivity index (χ0) is 40.3. The van der Waals surface area contributed by atoms with E-state index in [-0.39, 0.29) is 11.1 Å². The van der Waals surface area contributed by atoms with E-state index in [1.54, 1.807) is 33.9 Å². The van der Waals surface area contributed by atoms with Gasteiger partial charge in [-0.3, -0.25) is 28.7 Å². The zero-order valence-corrected chi connectivity index (χ0v) is 35.3. The van der Waals surface area contributed by atoms with Gasteiger partial charge in [0.15, 0.2) is 0 Å². The minimum absolute atomic E-state index is 0.0426. The third kappa shape index (κ3) is 10.7. The first-order valence-corrected chi connectivity index (χ1v) is 21.2. The average molecular weight is 911 g/mol. The van der Waals surface area contributed by atoms with Gasteiger partial charge in [0, 0.05) is 68.6 Å². The first-order chi connectivity index (χ1) is 28.4. The van der Waals surface area contributed by atoms with Crippen molar-refractivity contribution in [2.75, 3.05) is 36.5 Å². The number of aromatic nitrogens is 6. The first-order valence-electron chi connectivity index (χ1n) is 19.6. The summed E-state index contributed by atoms with van der Waals surface area (Å²) in [5.74, 6) is 1.26. The third-order valence-corrected chi connectivity index (χ3v) is 11.5. The van der Waals surface area contributed by atoms with Gasteiger partial charge in [-0.2, -0.15) is 0 Å². The molecule has 2 atom stereocenters. The lowest BCUT2D eigenvalue weighted by Gasteiger charge is -2.32. The van der Waals surface area contributed by atoms with E-state index in [1.165, 1.54) is 17.5 Å². The number of aliphatic hydroxyl groups is 1. The molecule has 6 aromatic rings. The summed E-state index contributed by atoms with van der Waals surface area (Å²) in [6, 6.07) is 28.1. The van der Waals surface area contributed by atoms with Crippen molar-refractivity contribution in [3.8, 4) is 22.5 Å². The van der Waals surface area contributed by atoms with Crippen molar-refractivity contribution < 1.29 is 9.84 Å². The van der Waals surface area contributed by atoms with Gasteiger partial charge in [0.05, 0.1) is 30.2 Å². The first kappa shape index (κ1) is 41.2. The number of β-amino-alcohol motifs (C(OH)–C–C–N with tert-alkyl or cyclic N) is 1. The van der Waals surface area contributed by atoms with Gasteiger partial charge < -0.3 is 20.1 Å². The van der Waals surface area contributed by atoms with Gasteiger partial charge in [-0.1, -0.05) is 60.7 Å². The van der Waals surface area contributed by atoms with E-state index < -0.39 is 6.10 Å². The topological polar surface area (TPSA) is 144 Å². The van der Waals surface area contributed by atoms with E-state index in [1.807, 2.05) is 47.4 Å². The highest BCUT2D eigenvalue weighted by molar-refractivity contribution is 9.11. The molecule has 0 spiro atoms. The van der Waals surface area contributed by atoms with Crippen LogP contribution in [0.2, 0.25) is 0 Å². The molecule has 9 rings (SSSR count). The number of fused-ring (bicyclic) bond motifs is 2. The fourth-order valence-electron chi connectivity index (χ4n) is 6.90. The molecule has 4 aromatic heterocycles. The highest BCUT2D eigenvalue weighted by Crippen LogP contribution is 2.28. The summed E-state index contributed by atoms with van der Waals surface area (Å²) in [5, 5.41) is 13.8. The Morgan fingerprint density at radius 3 is 1.88 bits per heavy atom. The van der Waals surface area contributed by atoms with Gasteiger partial charge in [-0.25, -0.2) is 9.97 Å². The van der Waals surface area contributed by atoms with Crippen LogP contribution in [0.3, 0.4) is 0 Å². The Bertz CT molecular complexity index is 2360. The minimum Gasteiger partial charge on any atom is -0.391 e. The molecule has 3 aliphatic rings. The number of hydrogen-bond acceptors (Lipinski definition) is 10. The van der Waals surface area contributed by atoms with Crippen LogP contribution >= 0.6 is 31.9 Å². The fourth-order valence-corrected chi connectivity index (χ4v) is 7.96. The summed E-state index contributed by atoms with van der Waals surface area (Å²) >= 11 is 6.79. The van der Waals surface area contributed by atoms with Crippen LogP contribution in [0.25, 0.3) is 22.5 Å². The predicted octanol–water partition coefficient (Wildman–Crippen LogP) is 7.17. The smallest absolute Gasteiger partial charge is 0.269 e. The molecule has 0 saturated carbocycles. The minimum atomic E-state index is -0.494. The number of nitrogens with one attached hydrogen (secondary N) is 1. The summed E-state index contributed by atoms with van der Waals surface area (Å²) in [6.45, 7) is 4.40. The normalized spacial score (nSPS) is 15.6. The SMILES string of the molecule is O=c1c(Br)c(-c2ccncc2)nc2n1CCCN2.O=c1c(Br)c(-c2ccncc2)nc2n1CCCN2CC(O)CCc1ccccc1.c1ccc(CCC2CO2)cc1. The van der Waals surface area contributed by atoms with Gasteiger partial charge in [0.25, 0.3) is 11.1 Å². The molecule has 0 bridgehead atoms. The van der Waals surface area contributed by atoms with Crippen molar-refractivity contribution in [3.05, 3.63) is 150 Å². The van der Waals surface area contributed by atoms with Crippen LogP contribution in [-0.2, 0) is 30.7 Å². The number of epoxide rings is 1. The number of nitrogens with zero attached hydrogens (tertiary/aromatic N) is 7. The Balaban J connectivity index is 0.000000149. The van der Waals surface area contributed by atoms with Crippen molar-refractivity contribution in [1.29, 1.82) is 0 Å². The summed E-state index contributed by atoms with van der Waals surface area (Å²) in [4.78, 5) is 44.5. The number of benzene rings is 2. The monoisotopic (exact) mass is 908 g/mol. The summed E-state index contributed by atoms with van der Waals surface area (Å²) in [5.41, 5.74) is 5.47. The predicted molar refractivity (Wildman–Crippen MR) is 234 cm³/mol. The van der Waals surface area contributed by atoms with E-state index in [9.17, 15) is 14.7 Å².